The second-order valence-electron chi connectivity index (χ2n) is 7.26. The van der Waals surface area contributed by atoms with Gasteiger partial charge in [-0.25, -0.2) is 16.8 Å². The van der Waals surface area contributed by atoms with Crippen LogP contribution >= 0.6 is 0 Å². The van der Waals surface area contributed by atoms with Crippen LogP contribution in [0.4, 0.5) is 11.4 Å². The van der Waals surface area contributed by atoms with Gasteiger partial charge in [0.15, 0.2) is 0 Å². The van der Waals surface area contributed by atoms with Crippen molar-refractivity contribution < 1.29 is 16.8 Å². The molecule has 0 aliphatic heterocycles. The molecule has 1 aromatic heterocycles. The molecule has 3 rings (SSSR count). The van der Waals surface area contributed by atoms with E-state index in [1.54, 1.807) is 33.0 Å². The van der Waals surface area contributed by atoms with Crippen molar-refractivity contribution in [3.8, 4) is 0 Å². The maximum absolute atomic E-state index is 12.9. The molecule has 0 fully saturated rings. The fraction of sp³-hybridized carbons (Fsp3) is 0.250. The monoisotopic (exact) mass is 448 g/mol. The number of hydrogen-bond acceptors (Lipinski definition) is 5. The second-order valence-corrected chi connectivity index (χ2v) is 10.6. The lowest BCUT2D eigenvalue weighted by molar-refractivity contribution is 0.598. The molecule has 0 aliphatic carbocycles. The van der Waals surface area contributed by atoms with Crippen molar-refractivity contribution in [2.75, 3.05) is 9.44 Å². The molecular formula is C20H24N4O4S2. The Hall–Kier alpha value is -2.85. The van der Waals surface area contributed by atoms with E-state index < -0.39 is 20.0 Å². The zero-order valence-corrected chi connectivity index (χ0v) is 19.0. The van der Waals surface area contributed by atoms with Crippen molar-refractivity contribution in [3.63, 3.8) is 0 Å². The number of aryl methyl sites for hydroxylation is 5. The average Bonchev–Trinajstić information content (AvgIpc) is 2.98. The van der Waals surface area contributed by atoms with Gasteiger partial charge < -0.3 is 0 Å². The molecule has 0 atom stereocenters. The Morgan fingerprint density at radius 1 is 0.800 bits per heavy atom. The summed E-state index contributed by atoms with van der Waals surface area (Å²) >= 11 is 0. The molecule has 0 saturated heterocycles. The Labute approximate surface area is 177 Å². The third-order valence-electron chi connectivity index (χ3n) is 4.65. The maximum Gasteiger partial charge on any atom is 0.265 e. The summed E-state index contributed by atoms with van der Waals surface area (Å²) in [7, 11) is -6.21. The van der Waals surface area contributed by atoms with Gasteiger partial charge in [-0.2, -0.15) is 5.10 Å². The van der Waals surface area contributed by atoms with Crippen molar-refractivity contribution in [2.24, 2.45) is 7.05 Å². The lowest BCUT2D eigenvalue weighted by atomic mass is 10.1. The zero-order valence-electron chi connectivity index (χ0n) is 17.4. The first-order valence-corrected chi connectivity index (χ1v) is 12.1. The van der Waals surface area contributed by atoms with Crippen molar-refractivity contribution in [1.29, 1.82) is 0 Å². The van der Waals surface area contributed by atoms with Crippen LogP contribution in [0.3, 0.4) is 0 Å². The van der Waals surface area contributed by atoms with E-state index in [-0.39, 0.29) is 15.5 Å². The molecule has 3 aromatic rings. The third kappa shape index (κ3) is 4.49. The van der Waals surface area contributed by atoms with Crippen LogP contribution in [-0.4, -0.2) is 26.6 Å². The van der Waals surface area contributed by atoms with Crippen LogP contribution in [0.1, 0.15) is 22.4 Å². The first kappa shape index (κ1) is 21.8. The van der Waals surface area contributed by atoms with Crippen molar-refractivity contribution >= 4 is 31.4 Å². The first-order valence-electron chi connectivity index (χ1n) is 9.13. The summed E-state index contributed by atoms with van der Waals surface area (Å²) in [6, 6.07) is 9.70. The van der Waals surface area contributed by atoms with E-state index in [1.165, 1.54) is 23.0 Å². The Balaban J connectivity index is 1.95. The lowest BCUT2D eigenvalue weighted by Gasteiger charge is -2.14. The molecule has 0 saturated carbocycles. The highest BCUT2D eigenvalue weighted by Crippen LogP contribution is 2.26. The van der Waals surface area contributed by atoms with Crippen molar-refractivity contribution in [2.45, 2.75) is 37.5 Å². The number of benzene rings is 2. The number of nitrogens with zero attached hydrogens (tertiary/aromatic N) is 2. The van der Waals surface area contributed by atoms with Gasteiger partial charge in [0.2, 0.25) is 0 Å². The summed E-state index contributed by atoms with van der Waals surface area (Å²) in [5.41, 5.74) is 3.40. The van der Waals surface area contributed by atoms with Crippen LogP contribution in [0, 0.1) is 27.7 Å². The molecule has 0 bridgehead atoms. The molecule has 0 radical (unpaired) electrons. The normalized spacial score (nSPS) is 12.0. The van der Waals surface area contributed by atoms with Crippen LogP contribution in [0.2, 0.25) is 0 Å². The molecule has 2 N–H and O–H groups in total. The summed E-state index contributed by atoms with van der Waals surface area (Å²) in [6.45, 7) is 7.03. The molecule has 1 heterocycles. The smallest absolute Gasteiger partial charge is 0.265 e. The fourth-order valence-corrected chi connectivity index (χ4v) is 5.55. The maximum atomic E-state index is 12.9. The quantitative estimate of drug-likeness (QED) is 0.601. The van der Waals surface area contributed by atoms with Crippen LogP contribution in [-0.2, 0) is 27.1 Å². The van der Waals surface area contributed by atoms with Crippen molar-refractivity contribution in [3.05, 3.63) is 65.0 Å². The van der Waals surface area contributed by atoms with Gasteiger partial charge in [0.05, 0.1) is 22.0 Å². The molecule has 8 nitrogen and oxygen atoms in total. The van der Waals surface area contributed by atoms with E-state index in [2.05, 4.69) is 14.5 Å². The highest BCUT2D eigenvalue weighted by Gasteiger charge is 2.22. The van der Waals surface area contributed by atoms with Gasteiger partial charge in [-0.15, -0.1) is 0 Å². The summed E-state index contributed by atoms with van der Waals surface area (Å²) in [5, 5.41) is 4.05. The standard InChI is InChI=1S/C20H24N4O4S2/c1-13-6-9-18(15(3)10-13)22-29(25,26)17-8-7-14(2)19(11-17)23-30(27,28)20-12-24(5)21-16(20)4/h6-12,22-23H,1-5H3. The largest absolute Gasteiger partial charge is 0.279 e. The molecule has 2 aromatic carbocycles. The summed E-state index contributed by atoms with van der Waals surface area (Å²) < 4.78 is 57.8. The van der Waals surface area contributed by atoms with Gasteiger partial charge in [0.25, 0.3) is 20.0 Å². The predicted molar refractivity (Wildman–Crippen MR) is 117 cm³/mol. The molecule has 160 valence electrons. The SMILES string of the molecule is Cc1ccc(NS(=O)(=O)c2ccc(C)c(NS(=O)(=O)c3cn(C)nc3C)c2)c(C)c1. The molecule has 0 spiro atoms. The molecule has 0 unspecified atom stereocenters. The first-order chi connectivity index (χ1) is 13.9. The Morgan fingerprint density at radius 2 is 1.47 bits per heavy atom. The Bertz CT molecular complexity index is 1330. The molecule has 10 heteroatoms. The van der Waals surface area contributed by atoms with E-state index in [9.17, 15) is 16.8 Å². The second kappa shape index (κ2) is 7.77. The van der Waals surface area contributed by atoms with E-state index in [0.717, 1.165) is 11.1 Å². The third-order valence-corrected chi connectivity index (χ3v) is 7.48. The van der Waals surface area contributed by atoms with E-state index in [0.29, 0.717) is 16.9 Å². The Kier molecular flexibility index (Phi) is 5.66. The number of nitrogens with one attached hydrogen (secondary N) is 2. The summed E-state index contributed by atoms with van der Waals surface area (Å²) in [4.78, 5) is -0.0141. The highest BCUT2D eigenvalue weighted by atomic mass is 32.2. The lowest BCUT2D eigenvalue weighted by Crippen LogP contribution is -2.17. The van der Waals surface area contributed by atoms with Gasteiger partial charge in [-0.3, -0.25) is 14.1 Å². The van der Waals surface area contributed by atoms with Crippen LogP contribution in [0.15, 0.2) is 52.4 Å². The van der Waals surface area contributed by atoms with E-state index in [1.807, 2.05) is 26.0 Å². The Morgan fingerprint density at radius 3 is 2.07 bits per heavy atom. The number of sulfonamides is 2. The van der Waals surface area contributed by atoms with Crippen LogP contribution in [0.25, 0.3) is 0 Å². The zero-order chi connectivity index (χ0) is 22.3. The number of anilines is 2. The van der Waals surface area contributed by atoms with Gasteiger partial charge >= 0.3 is 0 Å². The molecular weight excluding hydrogens is 424 g/mol. The van der Waals surface area contributed by atoms with Crippen LogP contribution < -0.4 is 9.44 Å². The summed E-state index contributed by atoms with van der Waals surface area (Å²) in [5.74, 6) is 0. The van der Waals surface area contributed by atoms with Crippen LogP contribution in [0.5, 0.6) is 0 Å². The number of aromatic nitrogens is 2. The predicted octanol–water partition coefficient (Wildman–Crippen LogP) is 3.26. The van der Waals surface area contributed by atoms with Gasteiger partial charge in [0.1, 0.15) is 4.90 Å². The minimum Gasteiger partial charge on any atom is -0.279 e. The highest BCUT2D eigenvalue weighted by molar-refractivity contribution is 7.93. The van der Waals surface area contributed by atoms with Crippen molar-refractivity contribution in [1.82, 2.24) is 9.78 Å². The van der Waals surface area contributed by atoms with Gasteiger partial charge in [0, 0.05) is 13.2 Å². The number of hydrogen-bond donors (Lipinski definition) is 2. The number of rotatable bonds is 6. The van der Waals surface area contributed by atoms with E-state index in [4.69, 9.17) is 0 Å². The van der Waals surface area contributed by atoms with Gasteiger partial charge in [-0.05, 0) is 57.0 Å². The molecule has 0 amide bonds. The summed E-state index contributed by atoms with van der Waals surface area (Å²) in [6.07, 6.45) is 1.40. The average molecular weight is 449 g/mol. The minimum absolute atomic E-state index is 0.0334. The minimum atomic E-state index is -3.93. The van der Waals surface area contributed by atoms with E-state index >= 15 is 0 Å². The molecule has 0 aliphatic rings. The topological polar surface area (TPSA) is 110 Å². The fourth-order valence-electron chi connectivity index (χ4n) is 3.05. The van der Waals surface area contributed by atoms with Gasteiger partial charge in [-0.1, -0.05) is 23.8 Å². The molecule has 30 heavy (non-hydrogen) atoms.